The first-order valence-electron chi connectivity index (χ1n) is 5.87. The minimum atomic E-state index is -0.414. The Kier molecular flexibility index (Phi) is 4.06. The zero-order chi connectivity index (χ0) is 13.8. The number of methoxy groups -OCH3 is 1. The number of thiophene rings is 1. The first-order valence-corrected chi connectivity index (χ1v) is 6.68. The molecule has 0 spiro atoms. The van der Waals surface area contributed by atoms with Crippen molar-refractivity contribution in [1.29, 1.82) is 0 Å². The van der Waals surface area contributed by atoms with Gasteiger partial charge in [-0.05, 0) is 25.1 Å². The standard InChI is InChI=1S/C14H15NO3S/c1-3-18-11-7-5-4-6-9(11)12-8-10(15)13(19-12)14(16)17-2/h4-8H,3,15H2,1-2H3. The van der Waals surface area contributed by atoms with Gasteiger partial charge in [-0.1, -0.05) is 12.1 Å². The third-order valence-corrected chi connectivity index (χ3v) is 3.75. The lowest BCUT2D eigenvalue weighted by molar-refractivity contribution is 0.0607. The maximum absolute atomic E-state index is 11.6. The lowest BCUT2D eigenvalue weighted by Crippen LogP contribution is -2.00. The van der Waals surface area contributed by atoms with Crippen LogP contribution in [0.2, 0.25) is 0 Å². The molecule has 0 unspecified atom stereocenters. The number of para-hydroxylation sites is 1. The van der Waals surface area contributed by atoms with E-state index in [1.165, 1.54) is 18.4 Å². The van der Waals surface area contributed by atoms with Gasteiger partial charge in [0.2, 0.25) is 0 Å². The Morgan fingerprint density at radius 3 is 2.79 bits per heavy atom. The summed E-state index contributed by atoms with van der Waals surface area (Å²) in [5.74, 6) is 0.366. The molecule has 0 atom stereocenters. The molecule has 0 saturated carbocycles. The predicted octanol–water partition coefficient (Wildman–Crippen LogP) is 3.18. The van der Waals surface area contributed by atoms with Crippen molar-refractivity contribution in [3.8, 4) is 16.2 Å². The van der Waals surface area contributed by atoms with E-state index in [9.17, 15) is 4.79 Å². The second kappa shape index (κ2) is 5.75. The highest BCUT2D eigenvalue weighted by Gasteiger charge is 2.17. The summed E-state index contributed by atoms with van der Waals surface area (Å²) >= 11 is 1.31. The number of rotatable bonds is 4. The van der Waals surface area contributed by atoms with Crippen molar-refractivity contribution in [2.75, 3.05) is 19.5 Å². The third-order valence-electron chi connectivity index (χ3n) is 2.58. The maximum Gasteiger partial charge on any atom is 0.350 e. The predicted molar refractivity (Wildman–Crippen MR) is 76.7 cm³/mol. The molecule has 0 amide bonds. The van der Waals surface area contributed by atoms with Crippen molar-refractivity contribution >= 4 is 23.0 Å². The minimum absolute atomic E-state index is 0.414. The Balaban J connectivity index is 2.45. The van der Waals surface area contributed by atoms with E-state index in [-0.39, 0.29) is 0 Å². The molecule has 2 N–H and O–H groups in total. The van der Waals surface area contributed by atoms with E-state index < -0.39 is 5.97 Å². The molecule has 1 heterocycles. The normalized spacial score (nSPS) is 10.2. The molecule has 0 saturated heterocycles. The summed E-state index contributed by atoms with van der Waals surface area (Å²) in [4.78, 5) is 12.9. The van der Waals surface area contributed by atoms with E-state index in [1.807, 2.05) is 31.2 Å². The monoisotopic (exact) mass is 277 g/mol. The number of benzene rings is 1. The Morgan fingerprint density at radius 2 is 2.11 bits per heavy atom. The molecule has 4 nitrogen and oxygen atoms in total. The van der Waals surface area contributed by atoms with Gasteiger partial charge in [0.05, 0.1) is 19.4 Å². The molecule has 0 radical (unpaired) electrons. The lowest BCUT2D eigenvalue weighted by Gasteiger charge is -2.07. The molecule has 19 heavy (non-hydrogen) atoms. The number of hydrogen-bond acceptors (Lipinski definition) is 5. The van der Waals surface area contributed by atoms with Crippen LogP contribution in [0.15, 0.2) is 30.3 Å². The van der Waals surface area contributed by atoms with Crippen molar-refractivity contribution in [3.05, 3.63) is 35.2 Å². The van der Waals surface area contributed by atoms with Crippen molar-refractivity contribution < 1.29 is 14.3 Å². The van der Waals surface area contributed by atoms with Crippen molar-refractivity contribution in [3.63, 3.8) is 0 Å². The number of ether oxygens (including phenoxy) is 2. The third kappa shape index (κ3) is 2.71. The van der Waals surface area contributed by atoms with Crippen molar-refractivity contribution in [1.82, 2.24) is 0 Å². The Morgan fingerprint density at radius 1 is 1.37 bits per heavy atom. The Labute approximate surface area is 115 Å². The molecular weight excluding hydrogens is 262 g/mol. The van der Waals surface area contributed by atoms with E-state index in [2.05, 4.69) is 0 Å². The highest BCUT2D eigenvalue weighted by molar-refractivity contribution is 7.18. The molecule has 2 rings (SSSR count). The number of carbonyl (C=O) groups excluding carboxylic acids is 1. The zero-order valence-electron chi connectivity index (χ0n) is 10.8. The van der Waals surface area contributed by atoms with Crippen LogP contribution in [-0.4, -0.2) is 19.7 Å². The number of nitrogens with two attached hydrogens (primary N) is 1. The second-order valence-electron chi connectivity index (χ2n) is 3.82. The molecule has 100 valence electrons. The molecule has 0 fully saturated rings. The van der Waals surface area contributed by atoms with E-state index in [0.29, 0.717) is 17.2 Å². The van der Waals surface area contributed by atoms with E-state index >= 15 is 0 Å². The van der Waals surface area contributed by atoms with Crippen LogP contribution < -0.4 is 10.5 Å². The van der Waals surface area contributed by atoms with Crippen LogP contribution in [0.5, 0.6) is 5.75 Å². The van der Waals surface area contributed by atoms with E-state index in [4.69, 9.17) is 15.2 Å². The van der Waals surface area contributed by atoms with Crippen LogP contribution in [0.3, 0.4) is 0 Å². The molecular formula is C14H15NO3S. The molecule has 1 aromatic heterocycles. The van der Waals surface area contributed by atoms with E-state index in [0.717, 1.165) is 16.2 Å². The van der Waals surface area contributed by atoms with Gasteiger partial charge in [0.15, 0.2) is 0 Å². The topological polar surface area (TPSA) is 61.5 Å². The number of nitrogen functional groups attached to an aromatic ring is 1. The SMILES string of the molecule is CCOc1ccccc1-c1cc(N)c(C(=O)OC)s1. The van der Waals surface area contributed by atoms with Crippen LogP contribution in [0.25, 0.3) is 10.4 Å². The van der Waals surface area contributed by atoms with Gasteiger partial charge in [-0.15, -0.1) is 11.3 Å². The molecule has 0 bridgehead atoms. The highest BCUT2D eigenvalue weighted by Crippen LogP contribution is 2.38. The fourth-order valence-corrected chi connectivity index (χ4v) is 2.77. The van der Waals surface area contributed by atoms with Gasteiger partial charge in [-0.25, -0.2) is 4.79 Å². The van der Waals surface area contributed by atoms with Crippen LogP contribution in [0.4, 0.5) is 5.69 Å². The van der Waals surface area contributed by atoms with Gasteiger partial charge in [-0.2, -0.15) is 0 Å². The van der Waals surface area contributed by atoms with Gasteiger partial charge in [0.25, 0.3) is 0 Å². The number of hydrogen-bond donors (Lipinski definition) is 1. The minimum Gasteiger partial charge on any atom is -0.493 e. The van der Waals surface area contributed by atoms with Crippen LogP contribution in [0, 0.1) is 0 Å². The summed E-state index contributed by atoms with van der Waals surface area (Å²) in [5.41, 5.74) is 7.20. The van der Waals surface area contributed by atoms with Crippen molar-refractivity contribution in [2.24, 2.45) is 0 Å². The largest absolute Gasteiger partial charge is 0.493 e. The van der Waals surface area contributed by atoms with Crippen LogP contribution in [-0.2, 0) is 4.74 Å². The highest BCUT2D eigenvalue weighted by atomic mass is 32.1. The summed E-state index contributed by atoms with van der Waals surface area (Å²) in [6.45, 7) is 2.52. The first kappa shape index (κ1) is 13.4. The summed E-state index contributed by atoms with van der Waals surface area (Å²) in [6, 6.07) is 9.44. The quantitative estimate of drug-likeness (QED) is 0.872. The van der Waals surface area contributed by atoms with Gasteiger partial charge < -0.3 is 15.2 Å². The molecule has 5 heteroatoms. The van der Waals surface area contributed by atoms with Crippen LogP contribution in [0.1, 0.15) is 16.6 Å². The van der Waals surface area contributed by atoms with Gasteiger partial charge in [0, 0.05) is 10.4 Å². The molecule has 0 aliphatic rings. The Hall–Kier alpha value is -2.01. The maximum atomic E-state index is 11.6. The smallest absolute Gasteiger partial charge is 0.350 e. The fourth-order valence-electron chi connectivity index (χ4n) is 1.74. The summed E-state index contributed by atoms with van der Waals surface area (Å²) in [7, 11) is 1.34. The molecule has 0 aliphatic heterocycles. The average molecular weight is 277 g/mol. The number of anilines is 1. The average Bonchev–Trinajstić information content (AvgIpc) is 2.81. The number of carbonyl (C=O) groups is 1. The Bertz CT molecular complexity index is 592. The lowest BCUT2D eigenvalue weighted by atomic mass is 10.1. The van der Waals surface area contributed by atoms with E-state index in [1.54, 1.807) is 6.07 Å². The first-order chi connectivity index (χ1) is 9.17. The van der Waals surface area contributed by atoms with Gasteiger partial charge in [-0.3, -0.25) is 0 Å². The number of esters is 1. The summed E-state index contributed by atoms with van der Waals surface area (Å²) in [5, 5.41) is 0. The summed E-state index contributed by atoms with van der Waals surface area (Å²) < 4.78 is 10.3. The van der Waals surface area contributed by atoms with Gasteiger partial charge in [0.1, 0.15) is 10.6 Å². The van der Waals surface area contributed by atoms with Crippen molar-refractivity contribution in [2.45, 2.75) is 6.92 Å². The second-order valence-corrected chi connectivity index (χ2v) is 4.87. The fraction of sp³-hybridized carbons (Fsp3) is 0.214. The van der Waals surface area contributed by atoms with Crippen LogP contribution >= 0.6 is 11.3 Å². The molecule has 1 aromatic carbocycles. The molecule has 0 aliphatic carbocycles. The summed E-state index contributed by atoms with van der Waals surface area (Å²) in [6.07, 6.45) is 0. The molecule has 2 aromatic rings. The zero-order valence-corrected chi connectivity index (χ0v) is 11.6. The van der Waals surface area contributed by atoms with Gasteiger partial charge >= 0.3 is 5.97 Å².